The van der Waals surface area contributed by atoms with Gasteiger partial charge >= 0.3 is 0 Å². The second-order valence-corrected chi connectivity index (χ2v) is 5.56. The number of nitrogens with one attached hydrogen (secondary N) is 1. The number of benzene rings is 2. The highest BCUT2D eigenvalue weighted by Gasteiger charge is 2.06. The number of halogens is 1. The molecule has 1 N–H and O–H groups in total. The van der Waals surface area contributed by atoms with Crippen LogP contribution >= 0.6 is 12.4 Å². The second kappa shape index (κ2) is 9.63. The fraction of sp³-hybridized carbons (Fsp3) is 0.200. The van der Waals surface area contributed by atoms with E-state index >= 15 is 0 Å². The van der Waals surface area contributed by atoms with Crippen LogP contribution in [0.2, 0.25) is 0 Å². The van der Waals surface area contributed by atoms with E-state index in [0.29, 0.717) is 25.3 Å². The first-order chi connectivity index (χ1) is 12.2. The van der Waals surface area contributed by atoms with Crippen LogP contribution in [0.1, 0.15) is 11.3 Å². The van der Waals surface area contributed by atoms with Crippen molar-refractivity contribution >= 4 is 18.3 Å². The molecule has 3 aromatic rings. The highest BCUT2D eigenvalue weighted by molar-refractivity contribution is 5.85. The van der Waals surface area contributed by atoms with Crippen LogP contribution in [0.25, 0.3) is 11.5 Å². The molecule has 26 heavy (non-hydrogen) atoms. The van der Waals surface area contributed by atoms with Crippen molar-refractivity contribution in [1.82, 2.24) is 4.98 Å². The lowest BCUT2D eigenvalue weighted by Crippen LogP contribution is -2.04. The number of aromatic nitrogens is 1. The van der Waals surface area contributed by atoms with Crippen LogP contribution in [0.4, 0.5) is 0 Å². The Morgan fingerprint density at radius 1 is 1.08 bits per heavy atom. The molecule has 1 aromatic heterocycles. The van der Waals surface area contributed by atoms with Gasteiger partial charge in [0.15, 0.2) is 5.90 Å². The largest absolute Gasteiger partial charge is 0.493 e. The van der Waals surface area contributed by atoms with Crippen molar-refractivity contribution in [3.05, 3.63) is 72.1 Å². The molecule has 0 radical (unpaired) electrons. The van der Waals surface area contributed by atoms with Crippen LogP contribution < -0.4 is 4.74 Å². The van der Waals surface area contributed by atoms with E-state index in [1.54, 1.807) is 6.26 Å². The quantitative estimate of drug-likeness (QED) is 0.488. The summed E-state index contributed by atoms with van der Waals surface area (Å²) in [6.07, 6.45) is 2.83. The Labute approximate surface area is 158 Å². The zero-order valence-corrected chi connectivity index (χ0v) is 15.3. The average molecular weight is 373 g/mol. The fourth-order valence-corrected chi connectivity index (χ4v) is 2.37. The molecule has 0 fully saturated rings. The Balaban J connectivity index is 0.00000243. The van der Waals surface area contributed by atoms with Gasteiger partial charge in [0.1, 0.15) is 12.0 Å². The standard InChI is InChI=1S/C20H20N2O3.ClH/c1-23-19(21)13-15-7-9-18(10-8-15)24-12-11-17-14-25-20(22-17)16-5-3-2-4-6-16;/h2-10,14,21H,11-13H2,1H3;1H. The zero-order chi connectivity index (χ0) is 17.5. The molecule has 0 amide bonds. The van der Waals surface area contributed by atoms with Gasteiger partial charge in [-0.15, -0.1) is 12.4 Å². The maximum atomic E-state index is 7.53. The van der Waals surface area contributed by atoms with Crippen molar-refractivity contribution in [2.45, 2.75) is 12.8 Å². The molecular weight excluding hydrogens is 352 g/mol. The van der Waals surface area contributed by atoms with E-state index in [9.17, 15) is 0 Å². The molecule has 0 aliphatic rings. The smallest absolute Gasteiger partial charge is 0.226 e. The first-order valence-corrected chi connectivity index (χ1v) is 8.07. The average Bonchev–Trinajstić information content (AvgIpc) is 3.13. The van der Waals surface area contributed by atoms with E-state index in [2.05, 4.69) is 4.98 Å². The van der Waals surface area contributed by atoms with Gasteiger partial charge in [0, 0.05) is 18.4 Å². The Morgan fingerprint density at radius 3 is 2.50 bits per heavy atom. The highest BCUT2D eigenvalue weighted by Crippen LogP contribution is 2.18. The lowest BCUT2D eigenvalue weighted by molar-refractivity contribution is 0.320. The van der Waals surface area contributed by atoms with Gasteiger partial charge in [-0.1, -0.05) is 30.3 Å². The predicted molar refractivity (Wildman–Crippen MR) is 103 cm³/mol. The number of nitrogens with zero attached hydrogens (tertiary/aromatic N) is 1. The Hall–Kier alpha value is -2.79. The monoisotopic (exact) mass is 372 g/mol. The fourth-order valence-electron chi connectivity index (χ4n) is 2.37. The minimum Gasteiger partial charge on any atom is -0.493 e. The predicted octanol–water partition coefficient (Wildman–Crippen LogP) is 4.55. The third-order valence-corrected chi connectivity index (χ3v) is 3.73. The maximum Gasteiger partial charge on any atom is 0.226 e. The summed E-state index contributed by atoms with van der Waals surface area (Å²) in [4.78, 5) is 4.48. The molecule has 0 bridgehead atoms. The number of ether oxygens (including phenoxy) is 2. The molecule has 5 nitrogen and oxygen atoms in total. The normalized spacial score (nSPS) is 10.0. The number of hydrogen-bond donors (Lipinski definition) is 1. The van der Waals surface area contributed by atoms with Crippen LogP contribution in [0.15, 0.2) is 65.3 Å². The van der Waals surface area contributed by atoms with E-state index in [0.717, 1.165) is 22.6 Å². The molecule has 3 rings (SSSR count). The van der Waals surface area contributed by atoms with Crippen molar-refractivity contribution in [3.63, 3.8) is 0 Å². The van der Waals surface area contributed by atoms with Crippen molar-refractivity contribution in [2.75, 3.05) is 13.7 Å². The van der Waals surface area contributed by atoms with E-state index in [1.807, 2.05) is 54.6 Å². The molecule has 0 spiro atoms. The Kier molecular flexibility index (Phi) is 7.24. The lowest BCUT2D eigenvalue weighted by Gasteiger charge is -2.06. The Morgan fingerprint density at radius 2 is 1.81 bits per heavy atom. The summed E-state index contributed by atoms with van der Waals surface area (Å²) in [6.45, 7) is 0.522. The molecular formula is C20H21ClN2O3. The van der Waals surface area contributed by atoms with E-state index in [1.165, 1.54) is 7.11 Å². The molecule has 0 aliphatic carbocycles. The molecule has 1 heterocycles. The van der Waals surface area contributed by atoms with Gasteiger partial charge in [-0.3, -0.25) is 5.41 Å². The molecule has 136 valence electrons. The first-order valence-electron chi connectivity index (χ1n) is 8.07. The molecule has 0 saturated heterocycles. The third kappa shape index (κ3) is 5.36. The van der Waals surface area contributed by atoms with Crippen LogP contribution in [-0.4, -0.2) is 24.6 Å². The topological polar surface area (TPSA) is 68.3 Å². The van der Waals surface area contributed by atoms with Crippen molar-refractivity contribution in [1.29, 1.82) is 5.41 Å². The number of rotatable bonds is 7. The molecule has 0 unspecified atom stereocenters. The summed E-state index contributed by atoms with van der Waals surface area (Å²) in [5.74, 6) is 1.66. The molecule has 0 saturated carbocycles. The van der Waals surface area contributed by atoms with Crippen LogP contribution in [0.3, 0.4) is 0 Å². The summed E-state index contributed by atoms with van der Waals surface area (Å²) in [7, 11) is 1.51. The maximum absolute atomic E-state index is 7.53. The van der Waals surface area contributed by atoms with Gasteiger partial charge in [0.2, 0.25) is 5.89 Å². The number of oxazole rings is 1. The summed E-state index contributed by atoms with van der Waals surface area (Å²) < 4.78 is 16.1. The Bertz CT molecular complexity index is 817. The van der Waals surface area contributed by atoms with Gasteiger partial charge in [-0.25, -0.2) is 4.98 Å². The summed E-state index contributed by atoms with van der Waals surface area (Å²) in [5.41, 5.74) is 2.85. The first kappa shape index (κ1) is 19.5. The molecule has 6 heteroatoms. The molecule has 0 atom stereocenters. The van der Waals surface area contributed by atoms with Gasteiger partial charge < -0.3 is 13.9 Å². The van der Waals surface area contributed by atoms with Crippen molar-refractivity contribution in [2.24, 2.45) is 0 Å². The number of methoxy groups -OCH3 is 1. The minimum atomic E-state index is 0. The molecule has 0 aliphatic heterocycles. The van der Waals surface area contributed by atoms with Crippen LogP contribution in [-0.2, 0) is 17.6 Å². The van der Waals surface area contributed by atoms with Crippen molar-refractivity contribution < 1.29 is 13.9 Å². The summed E-state index contributed by atoms with van der Waals surface area (Å²) in [5, 5.41) is 7.53. The lowest BCUT2D eigenvalue weighted by atomic mass is 10.1. The van der Waals surface area contributed by atoms with E-state index in [-0.39, 0.29) is 18.3 Å². The van der Waals surface area contributed by atoms with Crippen LogP contribution in [0.5, 0.6) is 5.75 Å². The van der Waals surface area contributed by atoms with Gasteiger partial charge in [-0.2, -0.15) is 0 Å². The van der Waals surface area contributed by atoms with Crippen molar-refractivity contribution in [3.8, 4) is 17.2 Å². The molecule has 2 aromatic carbocycles. The number of hydrogen-bond acceptors (Lipinski definition) is 5. The van der Waals surface area contributed by atoms with Gasteiger partial charge in [0.05, 0.1) is 19.4 Å². The SMILES string of the molecule is COC(=N)Cc1ccc(OCCc2coc(-c3ccccc3)n2)cc1.Cl. The summed E-state index contributed by atoms with van der Waals surface area (Å²) in [6, 6.07) is 17.5. The minimum absolute atomic E-state index is 0. The highest BCUT2D eigenvalue weighted by atomic mass is 35.5. The van der Waals surface area contributed by atoms with Crippen LogP contribution in [0, 0.1) is 5.41 Å². The summed E-state index contributed by atoms with van der Waals surface area (Å²) >= 11 is 0. The van der Waals surface area contributed by atoms with Gasteiger partial charge in [-0.05, 0) is 29.8 Å². The van der Waals surface area contributed by atoms with E-state index < -0.39 is 0 Å². The third-order valence-electron chi connectivity index (χ3n) is 3.73. The van der Waals surface area contributed by atoms with E-state index in [4.69, 9.17) is 19.3 Å². The zero-order valence-electron chi connectivity index (χ0n) is 14.5. The second-order valence-electron chi connectivity index (χ2n) is 5.56. The van der Waals surface area contributed by atoms with Gasteiger partial charge in [0.25, 0.3) is 0 Å².